The Hall–Kier alpha value is -3.21. The van der Waals surface area contributed by atoms with Gasteiger partial charge in [0.25, 0.3) is 0 Å². The van der Waals surface area contributed by atoms with Crippen molar-refractivity contribution in [3.63, 3.8) is 0 Å². The Bertz CT molecular complexity index is 982. The minimum Gasteiger partial charge on any atom is -0.351 e. The molecule has 4 rings (SSSR count). The number of hydrogen-bond donors (Lipinski definition) is 1. The number of pyridine rings is 1. The van der Waals surface area contributed by atoms with Gasteiger partial charge in [0.05, 0.1) is 6.04 Å². The summed E-state index contributed by atoms with van der Waals surface area (Å²) >= 11 is 0. The molecule has 1 atom stereocenters. The van der Waals surface area contributed by atoms with Crippen LogP contribution >= 0.6 is 0 Å². The highest BCUT2D eigenvalue weighted by Crippen LogP contribution is 2.22. The summed E-state index contributed by atoms with van der Waals surface area (Å²) < 4.78 is 0. The van der Waals surface area contributed by atoms with E-state index in [0.717, 1.165) is 11.1 Å². The maximum atomic E-state index is 12.5. The quantitative estimate of drug-likeness (QED) is 0.722. The van der Waals surface area contributed by atoms with Gasteiger partial charge in [-0.05, 0) is 40.5 Å². The van der Waals surface area contributed by atoms with Gasteiger partial charge >= 0.3 is 0 Å². The number of carbonyl (C=O) groups excluding carboxylic acids is 2. The SMILES string of the molecule is O=C(CCc1ccncc1)NC1CC(=O)N(Cc2cccc3ccccc23)C1. The molecule has 0 radical (unpaired) electrons. The molecule has 2 heterocycles. The minimum atomic E-state index is -0.118. The normalized spacial score (nSPS) is 16.5. The molecule has 5 heteroatoms. The maximum Gasteiger partial charge on any atom is 0.225 e. The molecule has 0 saturated carbocycles. The Morgan fingerprint density at radius 1 is 1.07 bits per heavy atom. The van der Waals surface area contributed by atoms with Crippen LogP contribution in [0, 0.1) is 0 Å². The fraction of sp³-hybridized carbons (Fsp3) is 0.261. The fourth-order valence-corrected chi connectivity index (χ4v) is 3.76. The zero-order valence-electron chi connectivity index (χ0n) is 15.7. The van der Waals surface area contributed by atoms with Crippen LogP contribution in [0.5, 0.6) is 0 Å². The zero-order chi connectivity index (χ0) is 19.3. The van der Waals surface area contributed by atoms with Crippen molar-refractivity contribution in [1.82, 2.24) is 15.2 Å². The first-order valence-electron chi connectivity index (χ1n) is 9.62. The van der Waals surface area contributed by atoms with Crippen molar-refractivity contribution in [2.24, 2.45) is 0 Å². The van der Waals surface area contributed by atoms with E-state index in [1.54, 1.807) is 12.4 Å². The second-order valence-corrected chi connectivity index (χ2v) is 7.24. The van der Waals surface area contributed by atoms with Crippen molar-refractivity contribution in [2.45, 2.75) is 31.8 Å². The predicted molar refractivity (Wildman–Crippen MR) is 108 cm³/mol. The number of likely N-dealkylation sites (tertiary alicyclic amines) is 1. The van der Waals surface area contributed by atoms with Gasteiger partial charge in [0.15, 0.2) is 0 Å². The number of aromatic nitrogens is 1. The summed E-state index contributed by atoms with van der Waals surface area (Å²) in [7, 11) is 0. The zero-order valence-corrected chi connectivity index (χ0v) is 15.7. The summed E-state index contributed by atoms with van der Waals surface area (Å²) in [6.07, 6.45) is 4.92. The summed E-state index contributed by atoms with van der Waals surface area (Å²) in [5.41, 5.74) is 2.22. The van der Waals surface area contributed by atoms with Crippen LogP contribution in [0.25, 0.3) is 10.8 Å². The van der Waals surface area contributed by atoms with Gasteiger partial charge in [-0.25, -0.2) is 0 Å². The number of amides is 2. The standard InChI is InChI=1S/C23H23N3O2/c27-22(9-8-17-10-12-24-13-11-17)25-20-14-23(28)26(16-20)15-19-6-3-5-18-4-1-2-7-21(18)19/h1-7,10-13,20H,8-9,14-16H2,(H,25,27). The van der Waals surface area contributed by atoms with E-state index in [2.05, 4.69) is 34.6 Å². The number of hydrogen-bond acceptors (Lipinski definition) is 3. The third kappa shape index (κ3) is 4.19. The van der Waals surface area contributed by atoms with E-state index in [1.807, 2.05) is 35.2 Å². The lowest BCUT2D eigenvalue weighted by molar-refractivity contribution is -0.128. The van der Waals surface area contributed by atoms with Crippen molar-refractivity contribution in [1.29, 1.82) is 0 Å². The topological polar surface area (TPSA) is 62.3 Å². The second-order valence-electron chi connectivity index (χ2n) is 7.24. The number of nitrogens with zero attached hydrogens (tertiary/aromatic N) is 2. The summed E-state index contributed by atoms with van der Waals surface area (Å²) in [5, 5.41) is 5.36. The number of rotatable bonds is 6. The van der Waals surface area contributed by atoms with Crippen molar-refractivity contribution in [3.05, 3.63) is 78.1 Å². The molecule has 142 valence electrons. The molecule has 2 aromatic carbocycles. The van der Waals surface area contributed by atoms with Gasteiger partial charge in [-0.2, -0.15) is 0 Å². The summed E-state index contributed by atoms with van der Waals surface area (Å²) in [4.78, 5) is 30.5. The summed E-state index contributed by atoms with van der Waals surface area (Å²) in [5.74, 6) is 0.0778. The van der Waals surface area contributed by atoms with E-state index in [1.165, 1.54) is 10.8 Å². The maximum absolute atomic E-state index is 12.5. The van der Waals surface area contributed by atoms with Gasteiger partial charge in [-0.15, -0.1) is 0 Å². The van der Waals surface area contributed by atoms with E-state index < -0.39 is 0 Å². The van der Waals surface area contributed by atoms with E-state index in [-0.39, 0.29) is 17.9 Å². The highest BCUT2D eigenvalue weighted by molar-refractivity contribution is 5.87. The molecule has 0 bridgehead atoms. The van der Waals surface area contributed by atoms with Gasteiger partial charge in [0.1, 0.15) is 0 Å². The molecule has 1 N–H and O–H groups in total. The molecule has 1 fully saturated rings. The summed E-state index contributed by atoms with van der Waals surface area (Å²) in [6.45, 7) is 1.13. The first kappa shape index (κ1) is 18.2. The lowest BCUT2D eigenvalue weighted by atomic mass is 10.0. The fourth-order valence-electron chi connectivity index (χ4n) is 3.76. The van der Waals surface area contributed by atoms with Crippen LogP contribution in [0.1, 0.15) is 24.0 Å². The molecule has 1 saturated heterocycles. The van der Waals surface area contributed by atoms with E-state index in [9.17, 15) is 9.59 Å². The van der Waals surface area contributed by atoms with Crippen LogP contribution in [0.15, 0.2) is 67.0 Å². The molecular weight excluding hydrogens is 350 g/mol. The van der Waals surface area contributed by atoms with Crippen LogP contribution in [0.3, 0.4) is 0 Å². The average molecular weight is 373 g/mol. The Kier molecular flexibility index (Phi) is 5.33. The lowest BCUT2D eigenvalue weighted by Crippen LogP contribution is -2.37. The van der Waals surface area contributed by atoms with Crippen molar-refractivity contribution in [3.8, 4) is 0 Å². The van der Waals surface area contributed by atoms with E-state index in [0.29, 0.717) is 32.4 Å². The third-order valence-electron chi connectivity index (χ3n) is 5.21. The van der Waals surface area contributed by atoms with Gasteiger partial charge in [-0.1, -0.05) is 42.5 Å². The lowest BCUT2D eigenvalue weighted by Gasteiger charge is -2.18. The highest BCUT2D eigenvalue weighted by atomic mass is 16.2. The Morgan fingerprint density at radius 2 is 1.86 bits per heavy atom. The Morgan fingerprint density at radius 3 is 2.71 bits per heavy atom. The van der Waals surface area contributed by atoms with Crippen LogP contribution in [0.4, 0.5) is 0 Å². The molecule has 0 spiro atoms. The van der Waals surface area contributed by atoms with Crippen LogP contribution in [0.2, 0.25) is 0 Å². The third-order valence-corrected chi connectivity index (χ3v) is 5.21. The van der Waals surface area contributed by atoms with E-state index in [4.69, 9.17) is 0 Å². The van der Waals surface area contributed by atoms with Crippen LogP contribution in [-0.2, 0) is 22.6 Å². The number of fused-ring (bicyclic) bond motifs is 1. The summed E-state index contributed by atoms with van der Waals surface area (Å²) in [6, 6.07) is 18.1. The van der Waals surface area contributed by atoms with Gasteiger partial charge in [0, 0.05) is 38.3 Å². The Balaban J connectivity index is 1.34. The molecule has 1 aliphatic heterocycles. The molecule has 3 aromatic rings. The van der Waals surface area contributed by atoms with Gasteiger partial charge in [-0.3, -0.25) is 14.6 Å². The molecule has 1 aromatic heterocycles. The highest BCUT2D eigenvalue weighted by Gasteiger charge is 2.30. The molecule has 0 aliphatic carbocycles. The van der Waals surface area contributed by atoms with Crippen LogP contribution < -0.4 is 5.32 Å². The van der Waals surface area contributed by atoms with Crippen LogP contribution in [-0.4, -0.2) is 34.3 Å². The monoisotopic (exact) mass is 373 g/mol. The predicted octanol–water partition coefficient (Wildman–Crippen LogP) is 3.08. The smallest absolute Gasteiger partial charge is 0.225 e. The van der Waals surface area contributed by atoms with Crippen molar-refractivity contribution >= 4 is 22.6 Å². The van der Waals surface area contributed by atoms with Gasteiger partial charge in [0.2, 0.25) is 11.8 Å². The largest absolute Gasteiger partial charge is 0.351 e. The number of carbonyl (C=O) groups is 2. The first-order chi connectivity index (χ1) is 13.7. The average Bonchev–Trinajstić information content (AvgIpc) is 3.06. The molecule has 5 nitrogen and oxygen atoms in total. The minimum absolute atomic E-state index is 0.0124. The first-order valence-corrected chi connectivity index (χ1v) is 9.62. The molecule has 28 heavy (non-hydrogen) atoms. The van der Waals surface area contributed by atoms with Crippen molar-refractivity contribution < 1.29 is 9.59 Å². The Labute approximate surface area is 164 Å². The number of aryl methyl sites for hydroxylation is 1. The molecular formula is C23H23N3O2. The number of nitrogens with one attached hydrogen (secondary N) is 1. The number of benzene rings is 2. The van der Waals surface area contributed by atoms with E-state index >= 15 is 0 Å². The molecule has 1 aliphatic rings. The van der Waals surface area contributed by atoms with Crippen molar-refractivity contribution in [2.75, 3.05) is 6.54 Å². The molecule has 2 amide bonds. The van der Waals surface area contributed by atoms with Gasteiger partial charge < -0.3 is 10.2 Å². The second kappa shape index (κ2) is 8.21. The molecule has 1 unspecified atom stereocenters.